The van der Waals surface area contributed by atoms with Crippen LogP contribution in [0.2, 0.25) is 0 Å². The largest absolute Gasteiger partial charge is 0.496 e. The lowest BCUT2D eigenvalue weighted by molar-refractivity contribution is 0.0860. The lowest BCUT2D eigenvalue weighted by Crippen LogP contribution is -2.32. The van der Waals surface area contributed by atoms with Crippen LogP contribution in [0.5, 0.6) is 5.75 Å². The molecule has 0 saturated heterocycles. The minimum Gasteiger partial charge on any atom is -0.496 e. The molecule has 0 amide bonds. The zero-order chi connectivity index (χ0) is 15.9. The highest BCUT2D eigenvalue weighted by atomic mass is 35.5. The highest BCUT2D eigenvalue weighted by molar-refractivity contribution is 6.55. The number of ketones is 2. The molecule has 22 heavy (non-hydrogen) atoms. The van der Waals surface area contributed by atoms with Crippen molar-refractivity contribution < 1.29 is 14.3 Å². The minimum atomic E-state index is -1.76. The molecule has 0 aromatic heterocycles. The zero-order valence-electron chi connectivity index (χ0n) is 11.9. The van der Waals surface area contributed by atoms with Crippen molar-refractivity contribution in [2.45, 2.75) is 4.87 Å². The molecule has 0 spiro atoms. The molecular weight excluding hydrogens is 300 g/mol. The van der Waals surface area contributed by atoms with E-state index in [1.54, 1.807) is 48.5 Å². The van der Waals surface area contributed by atoms with Crippen molar-refractivity contribution in [3.63, 3.8) is 0 Å². The molecule has 0 fully saturated rings. The molecule has 0 heterocycles. The van der Waals surface area contributed by atoms with E-state index in [2.05, 4.69) is 6.58 Å². The number of alkyl halides is 1. The van der Waals surface area contributed by atoms with Crippen LogP contribution in [-0.2, 0) is 4.87 Å². The Hall–Kier alpha value is -2.39. The maximum absolute atomic E-state index is 12.9. The predicted molar refractivity (Wildman–Crippen MR) is 85.7 cm³/mol. The molecule has 1 aliphatic carbocycles. The van der Waals surface area contributed by atoms with Crippen molar-refractivity contribution in [1.29, 1.82) is 0 Å². The van der Waals surface area contributed by atoms with E-state index >= 15 is 0 Å². The number of ether oxygens (including phenoxy) is 1. The van der Waals surface area contributed by atoms with Crippen LogP contribution in [0.15, 0.2) is 49.0 Å². The fourth-order valence-electron chi connectivity index (χ4n) is 2.82. The molecule has 2 aromatic rings. The third kappa shape index (κ3) is 1.76. The van der Waals surface area contributed by atoms with Gasteiger partial charge in [0.05, 0.1) is 12.7 Å². The summed E-state index contributed by atoms with van der Waals surface area (Å²) >= 11 is 6.57. The zero-order valence-corrected chi connectivity index (χ0v) is 12.7. The van der Waals surface area contributed by atoms with E-state index in [0.29, 0.717) is 22.4 Å². The number of hydrogen-bond acceptors (Lipinski definition) is 3. The first-order chi connectivity index (χ1) is 10.6. The lowest BCUT2D eigenvalue weighted by atomic mass is 9.89. The second kappa shape index (κ2) is 5.11. The lowest BCUT2D eigenvalue weighted by Gasteiger charge is -2.20. The van der Waals surface area contributed by atoms with Crippen LogP contribution in [0.3, 0.4) is 0 Å². The van der Waals surface area contributed by atoms with Gasteiger partial charge in [-0.15, -0.1) is 0 Å². The molecule has 0 aliphatic heterocycles. The monoisotopic (exact) mass is 312 g/mol. The van der Waals surface area contributed by atoms with Gasteiger partial charge in [-0.1, -0.05) is 60.7 Å². The van der Waals surface area contributed by atoms with E-state index in [-0.39, 0.29) is 5.56 Å². The number of fused-ring (bicyclic) bond motifs is 1. The predicted octanol–water partition coefficient (Wildman–Crippen LogP) is 3.85. The number of Topliss-reactive ketones (excluding diaryl/α,β-unsaturated/α-hetero) is 2. The molecule has 1 aliphatic rings. The molecule has 1 atom stereocenters. The van der Waals surface area contributed by atoms with Gasteiger partial charge in [-0.3, -0.25) is 9.59 Å². The average molecular weight is 313 g/mol. The molecule has 0 radical (unpaired) electrons. The third-order valence-corrected chi connectivity index (χ3v) is 4.44. The van der Waals surface area contributed by atoms with Crippen LogP contribution in [0.1, 0.15) is 31.8 Å². The van der Waals surface area contributed by atoms with E-state index < -0.39 is 16.4 Å². The van der Waals surface area contributed by atoms with Crippen LogP contribution in [0, 0.1) is 0 Å². The van der Waals surface area contributed by atoms with Crippen LogP contribution in [-0.4, -0.2) is 18.7 Å². The second-order valence-corrected chi connectivity index (χ2v) is 5.56. The van der Waals surface area contributed by atoms with Gasteiger partial charge in [0, 0.05) is 5.56 Å². The number of methoxy groups -OCH3 is 1. The summed E-state index contributed by atoms with van der Waals surface area (Å²) in [6.07, 6.45) is 1.58. The van der Waals surface area contributed by atoms with Crippen molar-refractivity contribution in [2.75, 3.05) is 7.11 Å². The number of hydrogen-bond donors (Lipinski definition) is 0. The number of carbonyl (C=O) groups is 2. The molecule has 0 N–H and O–H groups in total. The quantitative estimate of drug-likeness (QED) is 0.638. The van der Waals surface area contributed by atoms with Crippen LogP contribution in [0.4, 0.5) is 0 Å². The Kier molecular flexibility index (Phi) is 3.38. The van der Waals surface area contributed by atoms with E-state index in [1.807, 2.05) is 0 Å². The fraction of sp³-hybridized carbons (Fsp3) is 0.111. The summed E-state index contributed by atoms with van der Waals surface area (Å²) in [6.45, 7) is 3.72. The van der Waals surface area contributed by atoms with Gasteiger partial charge in [0.1, 0.15) is 5.75 Å². The molecule has 2 aromatic carbocycles. The minimum absolute atomic E-state index is 0.240. The SMILES string of the molecule is C=Cc1ccccc1C1(Cl)C(=O)c2cccc(OC)c2C1=O. The molecule has 1 unspecified atom stereocenters. The van der Waals surface area contributed by atoms with Crippen LogP contribution in [0.25, 0.3) is 6.08 Å². The van der Waals surface area contributed by atoms with Gasteiger partial charge in [-0.2, -0.15) is 0 Å². The van der Waals surface area contributed by atoms with Crippen molar-refractivity contribution in [3.05, 3.63) is 71.3 Å². The smallest absolute Gasteiger partial charge is 0.200 e. The maximum atomic E-state index is 12.9. The number of halogens is 1. The van der Waals surface area contributed by atoms with Gasteiger partial charge < -0.3 is 4.74 Å². The molecule has 110 valence electrons. The fourth-order valence-corrected chi connectivity index (χ4v) is 3.19. The number of carbonyl (C=O) groups excluding carboxylic acids is 2. The molecule has 3 nitrogen and oxygen atoms in total. The summed E-state index contributed by atoms with van der Waals surface area (Å²) < 4.78 is 5.21. The van der Waals surface area contributed by atoms with E-state index in [0.717, 1.165) is 0 Å². The summed E-state index contributed by atoms with van der Waals surface area (Å²) in [7, 11) is 1.46. The average Bonchev–Trinajstić information content (AvgIpc) is 2.77. The molecule has 0 saturated carbocycles. The normalized spacial score (nSPS) is 19.9. The molecule has 3 rings (SSSR count). The van der Waals surface area contributed by atoms with Crippen molar-refractivity contribution in [2.24, 2.45) is 0 Å². The highest BCUT2D eigenvalue weighted by Crippen LogP contribution is 2.46. The van der Waals surface area contributed by atoms with Crippen molar-refractivity contribution in [1.82, 2.24) is 0 Å². The Bertz CT molecular complexity index is 810. The Morgan fingerprint density at radius 1 is 1.09 bits per heavy atom. The Balaban J connectivity index is 2.28. The first-order valence-electron chi connectivity index (χ1n) is 6.73. The van der Waals surface area contributed by atoms with Gasteiger partial charge >= 0.3 is 0 Å². The van der Waals surface area contributed by atoms with Gasteiger partial charge in [0.25, 0.3) is 0 Å². The maximum Gasteiger partial charge on any atom is 0.200 e. The summed E-state index contributed by atoms with van der Waals surface area (Å²) in [5.74, 6) is -0.530. The van der Waals surface area contributed by atoms with Gasteiger partial charge in [-0.25, -0.2) is 0 Å². The van der Waals surface area contributed by atoms with Crippen LogP contribution < -0.4 is 4.74 Å². The summed E-state index contributed by atoms with van der Waals surface area (Å²) in [4.78, 5) is 24.0. The second-order valence-electron chi connectivity index (χ2n) is 4.99. The van der Waals surface area contributed by atoms with Gasteiger partial charge in [-0.05, 0) is 17.2 Å². The standard InChI is InChI=1S/C18H13ClO3/c1-3-11-7-4-5-9-13(11)18(19)16(20)12-8-6-10-14(22-2)15(12)17(18)21/h3-10H,1H2,2H3. The molecule has 0 bridgehead atoms. The van der Waals surface area contributed by atoms with E-state index in [4.69, 9.17) is 16.3 Å². The first-order valence-corrected chi connectivity index (χ1v) is 7.11. The Morgan fingerprint density at radius 2 is 1.82 bits per heavy atom. The summed E-state index contributed by atoms with van der Waals surface area (Å²) in [6, 6.07) is 11.9. The first kappa shape index (κ1) is 14.5. The van der Waals surface area contributed by atoms with E-state index in [1.165, 1.54) is 7.11 Å². The van der Waals surface area contributed by atoms with Gasteiger partial charge in [0.2, 0.25) is 5.78 Å². The third-order valence-electron chi connectivity index (χ3n) is 3.90. The summed E-state index contributed by atoms with van der Waals surface area (Å²) in [5.41, 5.74) is 1.63. The molecule has 4 heteroatoms. The van der Waals surface area contributed by atoms with Crippen molar-refractivity contribution >= 4 is 29.2 Å². The Morgan fingerprint density at radius 3 is 2.50 bits per heavy atom. The number of benzene rings is 2. The van der Waals surface area contributed by atoms with Crippen molar-refractivity contribution in [3.8, 4) is 5.75 Å². The highest BCUT2D eigenvalue weighted by Gasteiger charge is 2.55. The summed E-state index contributed by atoms with van der Waals surface area (Å²) in [5, 5.41) is 0. The Labute approximate surface area is 133 Å². The van der Waals surface area contributed by atoms with Gasteiger partial charge in [0.15, 0.2) is 10.7 Å². The molecular formula is C18H13ClO3. The van der Waals surface area contributed by atoms with E-state index in [9.17, 15) is 9.59 Å². The number of rotatable bonds is 3. The topological polar surface area (TPSA) is 43.4 Å². The van der Waals surface area contributed by atoms with Crippen LogP contribution >= 0.6 is 11.6 Å².